The Morgan fingerprint density at radius 3 is 2.12 bits per heavy atom. The molecule has 0 heterocycles. The zero-order valence-electron chi connectivity index (χ0n) is 9.27. The van der Waals surface area contributed by atoms with E-state index in [0.29, 0.717) is 0 Å². The van der Waals surface area contributed by atoms with Gasteiger partial charge in [-0.25, -0.2) is 0 Å². The molecule has 0 radical (unpaired) electrons. The summed E-state index contributed by atoms with van der Waals surface area (Å²) in [6.07, 6.45) is 0. The van der Waals surface area contributed by atoms with Crippen molar-refractivity contribution in [1.82, 2.24) is 0 Å². The highest BCUT2D eigenvalue weighted by atomic mass is 14.7. The van der Waals surface area contributed by atoms with E-state index < -0.39 is 0 Å². The summed E-state index contributed by atoms with van der Waals surface area (Å²) in [5.41, 5.74) is 6.46. The molecule has 0 bridgehead atoms. The Labute approximate surface area is 99.2 Å². The average molecular weight is 220 g/mol. The van der Waals surface area contributed by atoms with Crippen LogP contribution in [0.5, 0.6) is 0 Å². The molecule has 0 saturated heterocycles. The number of fused-ring (bicyclic) bond motifs is 3. The summed E-state index contributed by atoms with van der Waals surface area (Å²) in [4.78, 5) is 0. The number of rotatable bonds is 1. The van der Waals surface area contributed by atoms with Gasteiger partial charge in [0.25, 0.3) is 0 Å². The van der Waals surface area contributed by atoms with Gasteiger partial charge in [0.15, 0.2) is 0 Å². The van der Waals surface area contributed by atoms with Crippen LogP contribution in [0.25, 0.3) is 21.5 Å². The topological polar surface area (TPSA) is 49.9 Å². The monoisotopic (exact) mass is 220 g/mol. The highest BCUT2D eigenvalue weighted by Gasteiger charge is 2.07. The van der Waals surface area contributed by atoms with E-state index in [9.17, 15) is 0 Å². The Hall–Kier alpha value is -2.35. The lowest BCUT2D eigenvalue weighted by Gasteiger charge is -2.08. The molecule has 0 saturated carbocycles. The van der Waals surface area contributed by atoms with Crippen molar-refractivity contribution >= 4 is 27.4 Å². The molecule has 0 aromatic heterocycles. The first-order valence-corrected chi connectivity index (χ1v) is 5.52. The van der Waals surface area contributed by atoms with Crippen LogP contribution < -0.4 is 5.73 Å². The fraction of sp³-hybridized carbons (Fsp3) is 0. The van der Waals surface area contributed by atoms with Gasteiger partial charge in [-0.2, -0.15) is 0 Å². The van der Waals surface area contributed by atoms with Crippen LogP contribution in [-0.2, 0) is 0 Å². The number of nitrogens with one attached hydrogen (secondary N) is 1. The Morgan fingerprint density at radius 2 is 1.41 bits per heavy atom. The molecule has 17 heavy (non-hydrogen) atoms. The van der Waals surface area contributed by atoms with E-state index >= 15 is 0 Å². The van der Waals surface area contributed by atoms with Gasteiger partial charge in [-0.05, 0) is 27.6 Å². The summed E-state index contributed by atoms with van der Waals surface area (Å²) >= 11 is 0. The third-order valence-electron chi connectivity index (χ3n) is 3.06. The first-order chi connectivity index (χ1) is 8.27. The zero-order chi connectivity index (χ0) is 11.8. The van der Waals surface area contributed by atoms with Crippen LogP contribution in [0.1, 0.15) is 5.56 Å². The van der Waals surface area contributed by atoms with Gasteiger partial charge in [0.2, 0.25) is 0 Å². The highest BCUT2D eigenvalue weighted by Crippen LogP contribution is 2.28. The predicted octanol–water partition coefficient (Wildman–Crippen LogP) is 3.28. The van der Waals surface area contributed by atoms with Crippen LogP contribution in [0.3, 0.4) is 0 Å². The zero-order valence-corrected chi connectivity index (χ0v) is 9.27. The maximum Gasteiger partial charge on any atom is 0.123 e. The van der Waals surface area contributed by atoms with Crippen molar-refractivity contribution in [2.45, 2.75) is 0 Å². The van der Waals surface area contributed by atoms with Crippen LogP contribution in [0.4, 0.5) is 0 Å². The van der Waals surface area contributed by atoms with Crippen molar-refractivity contribution in [3.8, 4) is 0 Å². The van der Waals surface area contributed by atoms with Gasteiger partial charge in [-0.1, -0.05) is 48.5 Å². The quantitative estimate of drug-likeness (QED) is 0.369. The maximum atomic E-state index is 7.67. The van der Waals surface area contributed by atoms with Crippen molar-refractivity contribution in [3.63, 3.8) is 0 Å². The Bertz CT molecular complexity index is 729. The van der Waals surface area contributed by atoms with E-state index in [1.165, 1.54) is 5.39 Å². The molecule has 0 amide bonds. The van der Waals surface area contributed by atoms with E-state index in [1.54, 1.807) is 0 Å². The van der Waals surface area contributed by atoms with Crippen LogP contribution >= 0.6 is 0 Å². The second kappa shape index (κ2) is 3.59. The minimum Gasteiger partial charge on any atom is -0.384 e. The number of hydrogen-bond acceptors (Lipinski definition) is 1. The largest absolute Gasteiger partial charge is 0.384 e. The van der Waals surface area contributed by atoms with E-state index in [-0.39, 0.29) is 5.84 Å². The van der Waals surface area contributed by atoms with Crippen molar-refractivity contribution in [3.05, 3.63) is 60.2 Å². The molecule has 2 heteroatoms. The van der Waals surface area contributed by atoms with E-state index in [4.69, 9.17) is 11.1 Å². The molecule has 0 fully saturated rings. The molecule has 0 atom stereocenters. The first kappa shape index (κ1) is 9.85. The van der Waals surface area contributed by atoms with E-state index in [1.807, 2.05) is 42.5 Å². The molecule has 3 rings (SSSR count). The Kier molecular flexibility index (Phi) is 2.08. The van der Waals surface area contributed by atoms with Crippen LogP contribution in [0, 0.1) is 5.41 Å². The Morgan fingerprint density at radius 1 is 0.824 bits per heavy atom. The fourth-order valence-corrected chi connectivity index (χ4v) is 2.28. The van der Waals surface area contributed by atoms with Gasteiger partial charge in [0.05, 0.1) is 0 Å². The number of nitrogen functional groups attached to an aromatic ring is 1. The highest BCUT2D eigenvalue weighted by molar-refractivity contribution is 6.17. The van der Waals surface area contributed by atoms with E-state index in [2.05, 4.69) is 12.1 Å². The predicted molar refractivity (Wildman–Crippen MR) is 72.5 cm³/mol. The molecule has 2 nitrogen and oxygen atoms in total. The summed E-state index contributed by atoms with van der Waals surface area (Å²) in [7, 11) is 0. The molecule has 0 aliphatic carbocycles. The molecule has 0 aliphatic rings. The molecular formula is C15H12N2. The normalized spacial score (nSPS) is 10.8. The summed E-state index contributed by atoms with van der Waals surface area (Å²) in [6, 6.07) is 18.2. The summed E-state index contributed by atoms with van der Waals surface area (Å²) in [5, 5.41) is 12.2. The smallest absolute Gasteiger partial charge is 0.123 e. The number of amidine groups is 1. The van der Waals surface area contributed by atoms with Crippen molar-refractivity contribution in [2.24, 2.45) is 5.73 Å². The Balaban J connectivity index is 2.59. The maximum absolute atomic E-state index is 7.67. The molecule has 3 aromatic rings. The summed E-state index contributed by atoms with van der Waals surface area (Å²) in [5.74, 6) is 0.118. The molecular weight excluding hydrogens is 208 g/mol. The van der Waals surface area contributed by atoms with Gasteiger partial charge in [0, 0.05) is 5.56 Å². The van der Waals surface area contributed by atoms with Crippen LogP contribution in [0.15, 0.2) is 54.6 Å². The van der Waals surface area contributed by atoms with Crippen LogP contribution in [0.2, 0.25) is 0 Å². The lowest BCUT2D eigenvalue weighted by molar-refractivity contribution is 1.44. The third kappa shape index (κ3) is 1.46. The molecule has 82 valence electrons. The second-order valence-corrected chi connectivity index (χ2v) is 4.10. The third-order valence-corrected chi connectivity index (χ3v) is 3.06. The number of benzene rings is 3. The molecule has 0 unspecified atom stereocenters. The molecule has 3 N–H and O–H groups in total. The standard InChI is InChI=1S/C15H12N2/c16-15(17)14-9-10-5-1-2-6-11(10)12-7-3-4-8-13(12)14/h1-9H,(H3,16,17). The van der Waals surface area contributed by atoms with Gasteiger partial charge in [-0.3, -0.25) is 5.41 Å². The van der Waals surface area contributed by atoms with Gasteiger partial charge < -0.3 is 5.73 Å². The SMILES string of the molecule is N=C(N)c1cc2ccccc2c2ccccc12. The lowest BCUT2D eigenvalue weighted by atomic mass is 9.97. The lowest BCUT2D eigenvalue weighted by Crippen LogP contribution is -2.11. The number of hydrogen-bond donors (Lipinski definition) is 2. The van der Waals surface area contributed by atoms with Crippen molar-refractivity contribution in [1.29, 1.82) is 5.41 Å². The van der Waals surface area contributed by atoms with E-state index in [0.717, 1.165) is 21.7 Å². The molecule has 0 spiro atoms. The summed E-state index contributed by atoms with van der Waals surface area (Å²) < 4.78 is 0. The minimum atomic E-state index is 0.118. The minimum absolute atomic E-state index is 0.118. The second-order valence-electron chi connectivity index (χ2n) is 4.10. The van der Waals surface area contributed by atoms with Crippen molar-refractivity contribution in [2.75, 3.05) is 0 Å². The first-order valence-electron chi connectivity index (χ1n) is 5.52. The fourth-order valence-electron chi connectivity index (χ4n) is 2.28. The summed E-state index contributed by atoms with van der Waals surface area (Å²) in [6.45, 7) is 0. The van der Waals surface area contributed by atoms with Gasteiger partial charge in [0.1, 0.15) is 5.84 Å². The van der Waals surface area contributed by atoms with Gasteiger partial charge >= 0.3 is 0 Å². The van der Waals surface area contributed by atoms with Crippen LogP contribution in [-0.4, -0.2) is 5.84 Å². The van der Waals surface area contributed by atoms with Gasteiger partial charge in [-0.15, -0.1) is 0 Å². The molecule has 0 aliphatic heterocycles. The van der Waals surface area contributed by atoms with Crippen molar-refractivity contribution < 1.29 is 0 Å². The average Bonchev–Trinajstić information content (AvgIpc) is 2.37. The number of nitrogens with two attached hydrogens (primary N) is 1. The molecule has 3 aromatic carbocycles.